The molecule has 5 nitrogen and oxygen atoms in total. The third-order valence-corrected chi connectivity index (χ3v) is 4.85. The highest BCUT2D eigenvalue weighted by molar-refractivity contribution is 6.10. The van der Waals surface area contributed by atoms with Gasteiger partial charge in [-0.25, -0.2) is 0 Å². The number of carbonyl (C=O) groups is 1. The number of aryl methyl sites for hydroxylation is 2. The topological polar surface area (TPSA) is 62.5 Å². The predicted octanol–water partition coefficient (Wildman–Crippen LogP) is 2.84. The number of para-hydroxylation sites is 2. The van der Waals surface area contributed by atoms with Crippen LogP contribution in [0.1, 0.15) is 22.3 Å². The summed E-state index contributed by atoms with van der Waals surface area (Å²) in [6.45, 7) is 0.533. The van der Waals surface area contributed by atoms with E-state index in [2.05, 4.69) is 0 Å². The summed E-state index contributed by atoms with van der Waals surface area (Å²) in [6, 6.07) is 14.7. The van der Waals surface area contributed by atoms with Crippen molar-refractivity contribution in [3.8, 4) is 5.75 Å². The summed E-state index contributed by atoms with van der Waals surface area (Å²) in [4.78, 5) is 27.5. The quantitative estimate of drug-likeness (QED) is 0.744. The number of amides is 1. The monoisotopic (exact) mass is 334 g/mol. The van der Waals surface area contributed by atoms with Gasteiger partial charge in [-0.2, -0.15) is 0 Å². The lowest BCUT2D eigenvalue weighted by Gasteiger charge is -2.29. The van der Waals surface area contributed by atoms with Crippen molar-refractivity contribution in [3.05, 3.63) is 70.0 Å². The van der Waals surface area contributed by atoms with Crippen LogP contribution in [-0.4, -0.2) is 22.1 Å². The zero-order valence-electron chi connectivity index (χ0n) is 13.9. The second-order valence-electron chi connectivity index (χ2n) is 6.29. The fourth-order valence-corrected chi connectivity index (χ4v) is 3.55. The second kappa shape index (κ2) is 5.77. The first-order valence-corrected chi connectivity index (χ1v) is 8.30. The van der Waals surface area contributed by atoms with Gasteiger partial charge in [-0.1, -0.05) is 30.3 Å². The van der Waals surface area contributed by atoms with Crippen molar-refractivity contribution in [2.75, 3.05) is 11.4 Å². The Morgan fingerprint density at radius 3 is 2.64 bits per heavy atom. The standard InChI is InChI=1S/C20H18N2O3/c1-21-16-11-5-3-9-14(16)18(23)17(19(21)24)20(25)22-12-6-8-13-7-2-4-10-15(13)22/h2-5,7,9-11,23H,6,8,12H2,1H3. The molecule has 5 heteroatoms. The van der Waals surface area contributed by atoms with E-state index in [0.29, 0.717) is 17.4 Å². The molecule has 0 fully saturated rings. The van der Waals surface area contributed by atoms with Gasteiger partial charge in [0.1, 0.15) is 11.3 Å². The molecule has 0 bridgehead atoms. The van der Waals surface area contributed by atoms with Gasteiger partial charge in [0.05, 0.1) is 5.52 Å². The van der Waals surface area contributed by atoms with Crippen molar-refractivity contribution < 1.29 is 9.90 Å². The third-order valence-electron chi connectivity index (χ3n) is 4.85. The maximum Gasteiger partial charge on any atom is 0.267 e. The molecule has 1 amide bonds. The third kappa shape index (κ3) is 2.31. The molecule has 0 saturated heterocycles. The zero-order valence-corrected chi connectivity index (χ0v) is 13.9. The molecule has 0 spiro atoms. The Kier molecular flexibility index (Phi) is 3.57. The molecule has 126 valence electrons. The molecule has 25 heavy (non-hydrogen) atoms. The van der Waals surface area contributed by atoms with E-state index in [1.165, 1.54) is 4.57 Å². The predicted molar refractivity (Wildman–Crippen MR) is 97.3 cm³/mol. The Hall–Kier alpha value is -3.08. The Labute approximate surface area is 144 Å². The summed E-state index contributed by atoms with van der Waals surface area (Å²) < 4.78 is 1.41. The van der Waals surface area contributed by atoms with Crippen molar-refractivity contribution in [1.29, 1.82) is 0 Å². The molecule has 3 aromatic rings. The van der Waals surface area contributed by atoms with Crippen molar-refractivity contribution in [2.24, 2.45) is 7.05 Å². The van der Waals surface area contributed by atoms with Crippen molar-refractivity contribution in [1.82, 2.24) is 4.57 Å². The van der Waals surface area contributed by atoms with Gasteiger partial charge < -0.3 is 14.6 Å². The summed E-state index contributed by atoms with van der Waals surface area (Å²) in [5.41, 5.74) is 1.84. The van der Waals surface area contributed by atoms with E-state index in [0.717, 1.165) is 24.1 Å². The van der Waals surface area contributed by atoms with Crippen LogP contribution in [0.2, 0.25) is 0 Å². The van der Waals surface area contributed by atoms with E-state index in [1.807, 2.05) is 24.3 Å². The maximum absolute atomic E-state index is 13.2. The van der Waals surface area contributed by atoms with E-state index in [4.69, 9.17) is 0 Å². The molecule has 2 heterocycles. The lowest BCUT2D eigenvalue weighted by atomic mass is 10.0. The molecule has 0 aliphatic carbocycles. The lowest BCUT2D eigenvalue weighted by Crippen LogP contribution is -2.39. The minimum Gasteiger partial charge on any atom is -0.506 e. The summed E-state index contributed by atoms with van der Waals surface area (Å²) in [7, 11) is 1.62. The molecular weight excluding hydrogens is 316 g/mol. The molecule has 0 unspecified atom stereocenters. The smallest absolute Gasteiger partial charge is 0.267 e. The number of hydrogen-bond acceptors (Lipinski definition) is 3. The number of benzene rings is 2. The molecule has 1 aliphatic rings. The van der Waals surface area contributed by atoms with Gasteiger partial charge in [-0.3, -0.25) is 9.59 Å². The zero-order chi connectivity index (χ0) is 17.6. The summed E-state index contributed by atoms with van der Waals surface area (Å²) in [6.07, 6.45) is 1.74. The molecule has 0 radical (unpaired) electrons. The second-order valence-corrected chi connectivity index (χ2v) is 6.29. The molecule has 0 saturated carbocycles. The van der Waals surface area contributed by atoms with E-state index in [1.54, 1.807) is 36.2 Å². The van der Waals surface area contributed by atoms with Crippen molar-refractivity contribution >= 4 is 22.5 Å². The number of nitrogens with zero attached hydrogens (tertiary/aromatic N) is 2. The van der Waals surface area contributed by atoms with Crippen LogP contribution >= 0.6 is 0 Å². The summed E-state index contributed by atoms with van der Waals surface area (Å²) in [5, 5.41) is 11.1. The average molecular weight is 334 g/mol. The van der Waals surface area contributed by atoms with Crippen LogP contribution in [0.25, 0.3) is 10.9 Å². The Morgan fingerprint density at radius 1 is 1.08 bits per heavy atom. The Balaban J connectivity index is 1.92. The number of carbonyl (C=O) groups excluding carboxylic acids is 1. The van der Waals surface area contributed by atoms with E-state index in [-0.39, 0.29) is 11.3 Å². The number of fused-ring (bicyclic) bond motifs is 2. The number of rotatable bonds is 1. The van der Waals surface area contributed by atoms with Gasteiger partial charge in [-0.15, -0.1) is 0 Å². The highest BCUT2D eigenvalue weighted by Gasteiger charge is 2.29. The normalized spacial score (nSPS) is 13.7. The molecule has 1 aliphatic heterocycles. The summed E-state index contributed by atoms with van der Waals surface area (Å²) >= 11 is 0. The fourth-order valence-electron chi connectivity index (χ4n) is 3.55. The highest BCUT2D eigenvalue weighted by atomic mass is 16.3. The molecule has 1 N–H and O–H groups in total. The molecule has 0 atom stereocenters. The van der Waals surface area contributed by atoms with Crippen LogP contribution in [0, 0.1) is 0 Å². The minimum absolute atomic E-state index is 0.169. The van der Waals surface area contributed by atoms with E-state index in [9.17, 15) is 14.7 Å². The molecular formula is C20H18N2O3. The minimum atomic E-state index is -0.482. The van der Waals surface area contributed by atoms with Crippen LogP contribution in [0.4, 0.5) is 5.69 Å². The van der Waals surface area contributed by atoms with Gasteiger partial charge in [-0.05, 0) is 36.6 Å². The number of hydrogen-bond donors (Lipinski definition) is 1. The largest absolute Gasteiger partial charge is 0.506 e. The van der Waals surface area contributed by atoms with Gasteiger partial charge >= 0.3 is 0 Å². The first kappa shape index (κ1) is 15.4. The molecule has 2 aromatic carbocycles. The Morgan fingerprint density at radius 2 is 1.80 bits per heavy atom. The van der Waals surface area contributed by atoms with E-state index >= 15 is 0 Å². The molecule has 4 rings (SSSR count). The van der Waals surface area contributed by atoms with E-state index < -0.39 is 11.5 Å². The van der Waals surface area contributed by atoms with Crippen LogP contribution in [0.3, 0.4) is 0 Å². The number of pyridine rings is 1. The average Bonchev–Trinajstić information content (AvgIpc) is 2.66. The van der Waals surface area contributed by atoms with Crippen LogP contribution in [-0.2, 0) is 13.5 Å². The summed E-state index contributed by atoms with van der Waals surface area (Å²) in [5.74, 6) is -0.692. The van der Waals surface area contributed by atoms with Crippen LogP contribution in [0.5, 0.6) is 5.75 Å². The van der Waals surface area contributed by atoms with Gasteiger partial charge in [0, 0.05) is 24.7 Å². The van der Waals surface area contributed by atoms with Gasteiger partial charge in [0.2, 0.25) is 0 Å². The number of anilines is 1. The van der Waals surface area contributed by atoms with Gasteiger partial charge in [0.25, 0.3) is 11.5 Å². The van der Waals surface area contributed by atoms with Gasteiger partial charge in [0.15, 0.2) is 0 Å². The highest BCUT2D eigenvalue weighted by Crippen LogP contribution is 2.31. The first-order valence-electron chi connectivity index (χ1n) is 8.30. The molecule has 1 aromatic heterocycles. The van der Waals surface area contributed by atoms with Crippen molar-refractivity contribution in [2.45, 2.75) is 12.8 Å². The Bertz CT molecular complexity index is 1050. The maximum atomic E-state index is 13.2. The van der Waals surface area contributed by atoms with Crippen molar-refractivity contribution in [3.63, 3.8) is 0 Å². The number of aromatic nitrogens is 1. The lowest BCUT2D eigenvalue weighted by molar-refractivity contribution is 0.0981. The first-order chi connectivity index (χ1) is 12.1. The fraction of sp³-hybridized carbons (Fsp3) is 0.200. The number of aromatic hydroxyl groups is 1. The SMILES string of the molecule is Cn1c(=O)c(C(=O)N2CCCc3ccccc32)c(O)c2ccccc21. The van der Waals surface area contributed by atoms with Crippen LogP contribution in [0.15, 0.2) is 53.3 Å². The van der Waals surface area contributed by atoms with Crippen LogP contribution < -0.4 is 10.5 Å².